The standard InChI is InChI=1S/C6H11NO2S/c1-4(2)5(3)9-6(8)7-10/h4-5H,1-3H3. The van der Waals surface area contributed by atoms with Crippen LogP contribution in [0.5, 0.6) is 0 Å². The van der Waals surface area contributed by atoms with Gasteiger partial charge in [0.15, 0.2) is 0 Å². The van der Waals surface area contributed by atoms with Crippen molar-refractivity contribution < 1.29 is 9.53 Å². The van der Waals surface area contributed by atoms with E-state index in [2.05, 4.69) is 16.8 Å². The predicted octanol–water partition coefficient (Wildman–Crippen LogP) is 1.90. The third-order valence-corrected chi connectivity index (χ3v) is 1.45. The van der Waals surface area contributed by atoms with Gasteiger partial charge in [-0.1, -0.05) is 13.8 Å². The minimum absolute atomic E-state index is 0.112. The highest BCUT2D eigenvalue weighted by Crippen LogP contribution is 2.05. The van der Waals surface area contributed by atoms with E-state index in [9.17, 15) is 4.79 Å². The van der Waals surface area contributed by atoms with Gasteiger partial charge in [0.25, 0.3) is 0 Å². The molecule has 0 saturated heterocycles. The molecule has 0 spiro atoms. The molecule has 0 N–H and O–H groups in total. The van der Waals surface area contributed by atoms with Crippen LogP contribution in [-0.4, -0.2) is 12.2 Å². The van der Waals surface area contributed by atoms with Crippen molar-refractivity contribution in [2.24, 2.45) is 10.3 Å². The van der Waals surface area contributed by atoms with Gasteiger partial charge in [0.1, 0.15) is 6.10 Å². The van der Waals surface area contributed by atoms with Crippen molar-refractivity contribution in [3.63, 3.8) is 0 Å². The van der Waals surface area contributed by atoms with Gasteiger partial charge in [0, 0.05) is 12.4 Å². The number of hydrogen-bond donors (Lipinski definition) is 0. The molecule has 3 nitrogen and oxygen atoms in total. The summed E-state index contributed by atoms with van der Waals surface area (Å²) in [7, 11) is 0. The van der Waals surface area contributed by atoms with Crippen LogP contribution in [0.15, 0.2) is 4.36 Å². The first-order valence-electron chi connectivity index (χ1n) is 3.12. The van der Waals surface area contributed by atoms with Crippen LogP contribution in [0, 0.1) is 5.92 Å². The average molecular weight is 161 g/mol. The maximum Gasteiger partial charge on any atom is 0.445 e. The fourth-order valence-corrected chi connectivity index (χ4v) is 0.360. The molecule has 0 radical (unpaired) electrons. The minimum atomic E-state index is -0.670. The van der Waals surface area contributed by atoms with Gasteiger partial charge in [0.05, 0.1) is 0 Å². The van der Waals surface area contributed by atoms with Crippen LogP contribution in [0.3, 0.4) is 0 Å². The number of nitrogens with zero attached hydrogens (tertiary/aromatic N) is 1. The number of ether oxygens (including phenoxy) is 1. The lowest BCUT2D eigenvalue weighted by Gasteiger charge is -2.13. The van der Waals surface area contributed by atoms with Crippen molar-refractivity contribution in [3.05, 3.63) is 0 Å². The van der Waals surface area contributed by atoms with Crippen LogP contribution < -0.4 is 0 Å². The van der Waals surface area contributed by atoms with Crippen molar-refractivity contribution in [1.82, 2.24) is 0 Å². The van der Waals surface area contributed by atoms with Crippen LogP contribution in [0.2, 0.25) is 0 Å². The Morgan fingerprint density at radius 3 is 2.30 bits per heavy atom. The Morgan fingerprint density at radius 2 is 2.00 bits per heavy atom. The smallest absolute Gasteiger partial charge is 0.444 e. The van der Waals surface area contributed by atoms with Gasteiger partial charge < -0.3 is 4.74 Å². The first-order chi connectivity index (χ1) is 4.57. The third kappa shape index (κ3) is 3.50. The molecular weight excluding hydrogens is 150 g/mol. The molecule has 0 aromatic rings. The fourth-order valence-electron chi connectivity index (χ4n) is 0.317. The van der Waals surface area contributed by atoms with Crippen molar-refractivity contribution in [2.75, 3.05) is 0 Å². The van der Waals surface area contributed by atoms with E-state index in [4.69, 9.17) is 4.74 Å². The second-order valence-corrected chi connectivity index (χ2v) is 2.61. The molecule has 0 bridgehead atoms. The fraction of sp³-hybridized carbons (Fsp3) is 0.833. The summed E-state index contributed by atoms with van der Waals surface area (Å²) >= 11 is 4.13. The number of carbonyl (C=O) groups excluding carboxylic acids is 1. The zero-order valence-electron chi connectivity index (χ0n) is 6.33. The monoisotopic (exact) mass is 161 g/mol. The molecule has 10 heavy (non-hydrogen) atoms. The van der Waals surface area contributed by atoms with E-state index in [-0.39, 0.29) is 6.10 Å². The topological polar surface area (TPSA) is 38.7 Å². The zero-order valence-corrected chi connectivity index (χ0v) is 7.14. The van der Waals surface area contributed by atoms with Gasteiger partial charge in [-0.25, -0.2) is 4.79 Å². The molecule has 4 heteroatoms. The maximum absolute atomic E-state index is 10.4. The SMILES string of the molecule is CC(C)C(C)OC(=O)N=S. The molecule has 0 aromatic carbocycles. The number of hydrogen-bond acceptors (Lipinski definition) is 3. The normalized spacial score (nSPS) is 12.8. The van der Waals surface area contributed by atoms with Crippen LogP contribution >= 0.6 is 0 Å². The predicted molar refractivity (Wildman–Crippen MR) is 40.6 cm³/mol. The molecule has 0 aliphatic rings. The van der Waals surface area contributed by atoms with Gasteiger partial charge >= 0.3 is 6.09 Å². The maximum atomic E-state index is 10.4. The first kappa shape index (κ1) is 9.49. The highest BCUT2D eigenvalue weighted by atomic mass is 32.1. The number of carbonyl (C=O) groups is 1. The molecule has 1 atom stereocenters. The second kappa shape index (κ2) is 4.33. The lowest BCUT2D eigenvalue weighted by atomic mass is 10.1. The van der Waals surface area contributed by atoms with Crippen LogP contribution in [-0.2, 0) is 17.2 Å². The van der Waals surface area contributed by atoms with Gasteiger partial charge in [-0.3, -0.25) is 0 Å². The van der Waals surface area contributed by atoms with Crippen LogP contribution in [0.1, 0.15) is 20.8 Å². The summed E-state index contributed by atoms with van der Waals surface area (Å²) in [6, 6.07) is 0. The highest BCUT2D eigenvalue weighted by molar-refractivity contribution is 7.47. The zero-order chi connectivity index (χ0) is 8.15. The Labute approximate surface area is 65.9 Å². The summed E-state index contributed by atoms with van der Waals surface area (Å²) in [5.41, 5.74) is 0. The molecule has 0 fully saturated rings. The summed E-state index contributed by atoms with van der Waals surface area (Å²) in [5.74, 6) is 0.306. The quantitative estimate of drug-likeness (QED) is 0.620. The number of rotatable bonds is 2. The third-order valence-electron chi connectivity index (χ3n) is 1.30. The lowest BCUT2D eigenvalue weighted by Crippen LogP contribution is -2.17. The van der Waals surface area contributed by atoms with Crippen molar-refractivity contribution >= 4 is 18.5 Å². The molecule has 58 valence electrons. The molecular formula is C6H11NO2S. The second-order valence-electron chi connectivity index (χ2n) is 2.42. The largest absolute Gasteiger partial charge is 0.445 e. The molecule has 0 saturated carbocycles. The van der Waals surface area contributed by atoms with Gasteiger partial charge in [0.2, 0.25) is 0 Å². The van der Waals surface area contributed by atoms with Crippen molar-refractivity contribution in [3.8, 4) is 0 Å². The van der Waals surface area contributed by atoms with Gasteiger partial charge in [-0.15, -0.1) is 4.36 Å². The summed E-state index contributed by atoms with van der Waals surface area (Å²) in [6.45, 7) is 5.73. The van der Waals surface area contributed by atoms with E-state index in [1.807, 2.05) is 20.8 Å². The molecule has 0 heterocycles. The molecule has 0 aliphatic carbocycles. The Balaban J connectivity index is 3.67. The Hall–Kier alpha value is -0.510. The molecule has 1 unspecified atom stereocenters. The lowest BCUT2D eigenvalue weighted by molar-refractivity contribution is 0.0911. The summed E-state index contributed by atoms with van der Waals surface area (Å²) in [4.78, 5) is 10.4. The average Bonchev–Trinajstić information content (AvgIpc) is 1.87. The summed E-state index contributed by atoms with van der Waals surface area (Å²) < 4.78 is 7.68. The van der Waals surface area contributed by atoms with E-state index in [1.165, 1.54) is 0 Å². The Bertz CT molecular complexity index is 136. The number of amides is 1. The summed E-state index contributed by atoms with van der Waals surface area (Å²) in [5, 5.41) is 0. The molecule has 0 rings (SSSR count). The van der Waals surface area contributed by atoms with E-state index in [0.717, 1.165) is 0 Å². The molecule has 1 amide bonds. The first-order valence-corrected chi connectivity index (χ1v) is 3.48. The van der Waals surface area contributed by atoms with Crippen molar-refractivity contribution in [1.29, 1.82) is 0 Å². The van der Waals surface area contributed by atoms with Gasteiger partial charge in [-0.2, -0.15) is 0 Å². The van der Waals surface area contributed by atoms with Crippen molar-refractivity contribution in [2.45, 2.75) is 26.9 Å². The van der Waals surface area contributed by atoms with Crippen LogP contribution in [0.25, 0.3) is 0 Å². The van der Waals surface area contributed by atoms with Gasteiger partial charge in [-0.05, 0) is 12.8 Å². The Kier molecular flexibility index (Phi) is 4.11. The highest BCUT2D eigenvalue weighted by Gasteiger charge is 2.10. The minimum Gasteiger partial charge on any atom is -0.444 e. The van der Waals surface area contributed by atoms with E-state index < -0.39 is 6.09 Å². The van der Waals surface area contributed by atoms with E-state index >= 15 is 0 Å². The Morgan fingerprint density at radius 1 is 1.50 bits per heavy atom. The van der Waals surface area contributed by atoms with E-state index in [1.54, 1.807) is 0 Å². The summed E-state index contributed by atoms with van der Waals surface area (Å²) in [6.07, 6.45) is -0.782. The van der Waals surface area contributed by atoms with Crippen LogP contribution in [0.4, 0.5) is 4.79 Å². The molecule has 0 aromatic heterocycles. The van der Waals surface area contributed by atoms with E-state index in [0.29, 0.717) is 5.92 Å². The molecule has 0 aliphatic heterocycles.